The van der Waals surface area contributed by atoms with E-state index < -0.39 is 28.5 Å². The number of carbonyl (C=O) groups excluding carboxylic acids is 2. The molecule has 0 saturated heterocycles. The summed E-state index contributed by atoms with van der Waals surface area (Å²) < 4.78 is 28.3. The molecule has 0 aliphatic heterocycles. The second-order valence-electron chi connectivity index (χ2n) is 8.63. The van der Waals surface area contributed by atoms with Crippen LogP contribution in [0.4, 0.5) is 5.69 Å². The van der Waals surface area contributed by atoms with Crippen LogP contribution in [0.1, 0.15) is 32.3 Å². The lowest BCUT2D eigenvalue weighted by molar-refractivity contribution is -0.139. The van der Waals surface area contributed by atoms with E-state index in [2.05, 4.69) is 5.32 Å². The number of amides is 2. The molecule has 1 unspecified atom stereocenters. The second kappa shape index (κ2) is 13.3. The maximum Gasteiger partial charge on any atom is 0.264 e. The van der Waals surface area contributed by atoms with Gasteiger partial charge in [-0.2, -0.15) is 0 Å². The largest absolute Gasteiger partial charge is 0.354 e. The highest BCUT2D eigenvalue weighted by Gasteiger charge is 2.32. The minimum Gasteiger partial charge on any atom is -0.354 e. The topological polar surface area (TPSA) is 86.8 Å². The molecule has 0 saturated carbocycles. The fourth-order valence-corrected chi connectivity index (χ4v) is 5.44. The van der Waals surface area contributed by atoms with E-state index in [-0.39, 0.29) is 17.3 Å². The Morgan fingerprint density at radius 2 is 1.59 bits per heavy atom. The van der Waals surface area contributed by atoms with Gasteiger partial charge in [-0.15, -0.1) is 0 Å². The molecule has 3 rings (SSSR count). The Hall–Kier alpha value is -3.36. The zero-order chi connectivity index (χ0) is 26.8. The van der Waals surface area contributed by atoms with Gasteiger partial charge in [-0.1, -0.05) is 73.5 Å². The van der Waals surface area contributed by atoms with Crippen LogP contribution in [0.25, 0.3) is 0 Å². The Balaban J connectivity index is 1.96. The predicted octanol–water partition coefficient (Wildman–Crippen LogP) is 4.87. The van der Waals surface area contributed by atoms with E-state index in [0.29, 0.717) is 17.3 Å². The van der Waals surface area contributed by atoms with Gasteiger partial charge in [0.25, 0.3) is 10.0 Å². The maximum atomic E-state index is 13.8. The molecule has 0 aromatic heterocycles. The van der Waals surface area contributed by atoms with Crippen molar-refractivity contribution in [2.45, 2.75) is 44.2 Å². The van der Waals surface area contributed by atoms with Gasteiger partial charge in [0, 0.05) is 18.1 Å². The third kappa shape index (κ3) is 7.57. The van der Waals surface area contributed by atoms with Crippen molar-refractivity contribution in [2.75, 3.05) is 17.4 Å². The van der Waals surface area contributed by atoms with Gasteiger partial charge >= 0.3 is 0 Å². The molecule has 0 fully saturated rings. The molecular formula is C28H32ClN3O4S. The molecule has 1 atom stereocenters. The van der Waals surface area contributed by atoms with Crippen molar-refractivity contribution in [2.24, 2.45) is 0 Å². The zero-order valence-electron chi connectivity index (χ0n) is 21.0. The maximum absolute atomic E-state index is 13.8. The first-order valence-electron chi connectivity index (χ1n) is 12.2. The van der Waals surface area contributed by atoms with Gasteiger partial charge in [-0.3, -0.25) is 13.9 Å². The zero-order valence-corrected chi connectivity index (χ0v) is 22.6. The lowest BCUT2D eigenvalue weighted by atomic mass is 10.1. The average molecular weight is 542 g/mol. The third-order valence-electron chi connectivity index (χ3n) is 5.89. The van der Waals surface area contributed by atoms with Crippen LogP contribution < -0.4 is 9.62 Å². The summed E-state index contributed by atoms with van der Waals surface area (Å²) in [5.41, 5.74) is 1.08. The van der Waals surface area contributed by atoms with Gasteiger partial charge in [0.05, 0.1) is 10.6 Å². The molecule has 0 spiro atoms. The molecule has 3 aromatic rings. The number of hydrogen-bond acceptors (Lipinski definition) is 4. The number of hydrogen-bond donors (Lipinski definition) is 1. The van der Waals surface area contributed by atoms with Crippen molar-refractivity contribution >= 4 is 39.1 Å². The summed E-state index contributed by atoms with van der Waals surface area (Å²) in [5.74, 6) is -0.817. The summed E-state index contributed by atoms with van der Waals surface area (Å²) in [7, 11) is -4.06. The lowest BCUT2D eigenvalue weighted by Crippen LogP contribution is -2.51. The van der Waals surface area contributed by atoms with Crippen LogP contribution in [0.3, 0.4) is 0 Å². The normalized spacial score (nSPS) is 12.0. The van der Waals surface area contributed by atoms with E-state index >= 15 is 0 Å². The number of benzene rings is 3. The van der Waals surface area contributed by atoms with Crippen molar-refractivity contribution in [1.82, 2.24) is 10.2 Å². The summed E-state index contributed by atoms with van der Waals surface area (Å²) in [4.78, 5) is 28.2. The van der Waals surface area contributed by atoms with Crippen LogP contribution in [0, 0.1) is 0 Å². The molecule has 0 bridgehead atoms. The standard InChI is InChI=1S/C28H32ClN3O4S/c1-3-4-18-30-28(34)22(2)31(20-23-12-11-13-24(29)19-23)27(33)21-32(25-14-7-5-8-15-25)37(35,36)26-16-9-6-10-17-26/h5-17,19,22H,3-4,18,20-21H2,1-2H3,(H,30,34). The first-order chi connectivity index (χ1) is 17.7. The highest BCUT2D eigenvalue weighted by atomic mass is 35.5. The number of rotatable bonds is 12. The average Bonchev–Trinajstić information content (AvgIpc) is 2.91. The van der Waals surface area contributed by atoms with Crippen molar-refractivity contribution in [1.29, 1.82) is 0 Å². The molecule has 1 N–H and O–H groups in total. The van der Waals surface area contributed by atoms with Crippen LogP contribution in [0.15, 0.2) is 89.8 Å². The molecule has 3 aromatic carbocycles. The Labute approximate surface area is 224 Å². The van der Waals surface area contributed by atoms with Crippen molar-refractivity contribution in [3.05, 3.63) is 95.5 Å². The predicted molar refractivity (Wildman–Crippen MR) is 147 cm³/mol. The molecule has 7 nitrogen and oxygen atoms in total. The fraction of sp³-hybridized carbons (Fsp3) is 0.286. The van der Waals surface area contributed by atoms with Crippen molar-refractivity contribution < 1.29 is 18.0 Å². The first kappa shape index (κ1) is 28.2. The molecule has 0 radical (unpaired) electrons. The van der Waals surface area contributed by atoms with Gasteiger partial charge in [0.1, 0.15) is 12.6 Å². The molecule has 2 amide bonds. The SMILES string of the molecule is CCCCNC(=O)C(C)N(Cc1cccc(Cl)c1)C(=O)CN(c1ccccc1)S(=O)(=O)c1ccccc1. The molecule has 196 valence electrons. The Bertz CT molecular complexity index is 1290. The smallest absolute Gasteiger partial charge is 0.264 e. The van der Waals surface area contributed by atoms with Crippen LogP contribution in [-0.2, 0) is 26.2 Å². The Morgan fingerprint density at radius 3 is 2.22 bits per heavy atom. The van der Waals surface area contributed by atoms with Gasteiger partial charge in [0.2, 0.25) is 11.8 Å². The summed E-state index contributed by atoms with van der Waals surface area (Å²) in [6.45, 7) is 3.78. The van der Waals surface area contributed by atoms with Gasteiger partial charge < -0.3 is 10.2 Å². The van der Waals surface area contributed by atoms with Gasteiger partial charge in [-0.25, -0.2) is 8.42 Å². The number of anilines is 1. The summed E-state index contributed by atoms with van der Waals surface area (Å²) >= 11 is 6.16. The van der Waals surface area contributed by atoms with E-state index in [1.54, 1.807) is 73.7 Å². The number of sulfonamides is 1. The molecule has 0 heterocycles. The molecule has 0 aliphatic rings. The van der Waals surface area contributed by atoms with Crippen LogP contribution >= 0.6 is 11.6 Å². The highest BCUT2D eigenvalue weighted by molar-refractivity contribution is 7.92. The second-order valence-corrected chi connectivity index (χ2v) is 10.9. The Morgan fingerprint density at radius 1 is 0.946 bits per heavy atom. The van der Waals surface area contributed by atoms with Crippen molar-refractivity contribution in [3.8, 4) is 0 Å². The number of halogens is 1. The minimum absolute atomic E-state index is 0.0680. The quantitative estimate of drug-likeness (QED) is 0.331. The van der Waals surface area contributed by atoms with Gasteiger partial charge in [-0.05, 0) is 55.3 Å². The van der Waals surface area contributed by atoms with Crippen LogP contribution in [0.5, 0.6) is 0 Å². The number of nitrogens with one attached hydrogen (secondary N) is 1. The van der Waals surface area contributed by atoms with E-state index in [1.165, 1.54) is 17.0 Å². The lowest BCUT2D eigenvalue weighted by Gasteiger charge is -2.32. The van der Waals surface area contributed by atoms with Crippen molar-refractivity contribution in [3.63, 3.8) is 0 Å². The number of carbonyl (C=O) groups is 2. The van der Waals surface area contributed by atoms with E-state index in [9.17, 15) is 18.0 Å². The first-order valence-corrected chi connectivity index (χ1v) is 14.0. The van der Waals surface area contributed by atoms with Gasteiger partial charge in [0.15, 0.2) is 0 Å². The minimum atomic E-state index is -4.06. The molecule has 0 aliphatic carbocycles. The van der Waals surface area contributed by atoms with Crippen LogP contribution in [-0.4, -0.2) is 44.3 Å². The van der Waals surface area contributed by atoms with E-state index in [0.717, 1.165) is 22.7 Å². The summed E-state index contributed by atoms with van der Waals surface area (Å²) in [6.07, 6.45) is 1.74. The summed E-state index contributed by atoms with van der Waals surface area (Å²) in [5, 5.41) is 3.37. The monoisotopic (exact) mass is 541 g/mol. The molecule has 37 heavy (non-hydrogen) atoms. The fourth-order valence-electron chi connectivity index (χ4n) is 3.79. The third-order valence-corrected chi connectivity index (χ3v) is 7.92. The number of para-hydroxylation sites is 1. The number of nitrogens with zero attached hydrogens (tertiary/aromatic N) is 2. The van der Waals surface area contributed by atoms with E-state index in [1.807, 2.05) is 13.0 Å². The van der Waals surface area contributed by atoms with Crippen LogP contribution in [0.2, 0.25) is 5.02 Å². The molecule has 9 heteroatoms. The van der Waals surface area contributed by atoms with E-state index in [4.69, 9.17) is 11.6 Å². The Kier molecular flexibility index (Phi) is 10.1. The number of unbranched alkanes of at least 4 members (excludes halogenated alkanes) is 1. The molecular weight excluding hydrogens is 510 g/mol. The summed E-state index contributed by atoms with van der Waals surface area (Å²) in [6, 6.07) is 22.6. The highest BCUT2D eigenvalue weighted by Crippen LogP contribution is 2.24.